The summed E-state index contributed by atoms with van der Waals surface area (Å²) < 4.78 is 23.6. The van der Waals surface area contributed by atoms with E-state index in [2.05, 4.69) is 137 Å². The van der Waals surface area contributed by atoms with E-state index >= 15 is 0 Å². The van der Waals surface area contributed by atoms with Crippen LogP contribution < -0.4 is 32.3 Å². The van der Waals surface area contributed by atoms with Gasteiger partial charge in [0.2, 0.25) is 22.8 Å². The molecule has 5 aliphatic carbocycles. The number of hydrogen-bond donors (Lipinski definition) is 8. The van der Waals surface area contributed by atoms with Crippen molar-refractivity contribution in [2.24, 2.45) is 0 Å². The van der Waals surface area contributed by atoms with Gasteiger partial charge in [-0.3, -0.25) is 18.3 Å². The summed E-state index contributed by atoms with van der Waals surface area (Å²) in [5.41, 5.74) is 13.6. The second-order valence-corrected chi connectivity index (χ2v) is 33.8. The van der Waals surface area contributed by atoms with E-state index in [1.54, 1.807) is 51.3 Å². The van der Waals surface area contributed by atoms with Crippen molar-refractivity contribution in [2.45, 2.75) is 219 Å². The fourth-order valence-corrected chi connectivity index (χ4v) is 17.8. The zero-order chi connectivity index (χ0) is 93.6. The molecule has 2 atom stereocenters. The van der Waals surface area contributed by atoms with Gasteiger partial charge in [0.05, 0.1) is 69.5 Å². The van der Waals surface area contributed by atoms with Crippen LogP contribution in [0.2, 0.25) is 15.7 Å². The largest absolute Gasteiger partial charge is 0.400 e. The van der Waals surface area contributed by atoms with E-state index in [0.717, 1.165) is 86.0 Å². The highest BCUT2D eigenvalue weighted by atomic mass is 35.5. The molecule has 5 saturated carbocycles. The number of anilines is 7. The molecular weight excluding hydrogens is 1830 g/mol. The molecule has 7 aliphatic rings. The molecule has 16 aromatic heterocycles. The highest BCUT2D eigenvalue weighted by molar-refractivity contribution is 6.34. The van der Waals surface area contributed by atoms with Crippen LogP contribution in [0.3, 0.4) is 0 Å². The maximum absolute atomic E-state index is 10.6. The molecule has 2 saturated heterocycles. The van der Waals surface area contributed by atoms with Gasteiger partial charge < -0.3 is 90.7 Å². The highest BCUT2D eigenvalue weighted by Crippen LogP contribution is 2.36. The van der Waals surface area contributed by atoms with Crippen LogP contribution in [0, 0.1) is 30.3 Å². The summed E-state index contributed by atoms with van der Waals surface area (Å²) in [4.78, 5) is 85.6. The molecule has 47 nitrogen and oxygen atoms in total. The van der Waals surface area contributed by atoms with Crippen LogP contribution in [0.15, 0.2) is 180 Å². The number of fused-ring (bicyclic) bond motifs is 3. The zero-order valence-corrected chi connectivity index (χ0v) is 75.7. The highest BCUT2D eigenvalue weighted by Gasteiger charge is 2.29. The number of nitrogen functional groups attached to an aromatic ring is 2. The van der Waals surface area contributed by atoms with Crippen molar-refractivity contribution in [2.75, 3.05) is 60.4 Å². The molecule has 0 amide bonds. The molecule has 7 fully saturated rings. The van der Waals surface area contributed by atoms with Gasteiger partial charge in [0.25, 0.3) is 6.33 Å². The molecule has 50 heteroatoms. The lowest BCUT2D eigenvalue weighted by Crippen LogP contribution is -2.34. The minimum atomic E-state index is -0.819. The molecule has 10 N–H and O–H groups in total. The van der Waals surface area contributed by atoms with Crippen molar-refractivity contribution in [1.29, 1.82) is 0 Å². The number of aromatic nitrogens is 29. The maximum Gasteiger partial charge on any atom is 0.388 e. The average Bonchev–Trinajstić information content (AvgIpc) is 1.62. The average molecular weight is 1950 g/mol. The van der Waals surface area contributed by atoms with Crippen molar-refractivity contribution in [1.82, 2.24) is 145 Å². The van der Waals surface area contributed by atoms with Gasteiger partial charge in [-0.2, -0.15) is 9.97 Å². The Morgan fingerprint density at radius 2 is 0.810 bits per heavy atom. The molecule has 0 radical (unpaired) electrons. The summed E-state index contributed by atoms with van der Waals surface area (Å²) in [6.45, 7) is 2.34. The molecule has 0 bridgehead atoms. The van der Waals surface area contributed by atoms with Gasteiger partial charge in [-0.05, 0) is 181 Å². The Labute approximate surface area is 804 Å². The lowest BCUT2D eigenvalue weighted by atomic mass is 10.2. The van der Waals surface area contributed by atoms with Crippen LogP contribution in [0.25, 0.3) is 39.8 Å². The lowest BCUT2D eigenvalue weighted by Gasteiger charge is -2.23. The first-order chi connectivity index (χ1) is 65.3. The third-order valence-electron chi connectivity index (χ3n) is 24.0. The number of aliphatic hydroxyl groups is 3. The first kappa shape index (κ1) is 102. The molecule has 2 aliphatic heterocycles. The molecule has 18 heterocycles. The van der Waals surface area contributed by atoms with Gasteiger partial charge >= 0.3 is 11.6 Å². The van der Waals surface area contributed by atoms with Crippen LogP contribution in [0.1, 0.15) is 208 Å². The maximum atomic E-state index is 10.6. The van der Waals surface area contributed by atoms with Gasteiger partial charge in [0.1, 0.15) is 65.0 Å². The normalized spacial score (nSPS) is 16.3. The van der Waals surface area contributed by atoms with Crippen molar-refractivity contribution in [3.05, 3.63) is 226 Å². The minimum Gasteiger partial charge on any atom is -0.400 e. The van der Waals surface area contributed by atoms with Crippen LogP contribution in [0.5, 0.6) is 0 Å². The zero-order valence-electron chi connectivity index (χ0n) is 73.4. The molecule has 23 rings (SSSR count). The molecule has 0 unspecified atom stereocenters. The fraction of sp³-hybridized carbons (Fsp3) is 0.448. The van der Waals surface area contributed by atoms with Gasteiger partial charge in [-0.1, -0.05) is 98.1 Å². The topological polar surface area (TPSA) is 550 Å². The van der Waals surface area contributed by atoms with Crippen LogP contribution >= 0.6 is 34.8 Å². The van der Waals surface area contributed by atoms with Crippen molar-refractivity contribution >= 4 is 104 Å². The van der Waals surface area contributed by atoms with Crippen molar-refractivity contribution < 1.29 is 31.6 Å². The monoisotopic (exact) mass is 1940 g/mol. The van der Waals surface area contributed by atoms with E-state index in [1.165, 1.54) is 147 Å². The second kappa shape index (κ2) is 48.9. The third-order valence-corrected chi connectivity index (χ3v) is 24.6. The summed E-state index contributed by atoms with van der Waals surface area (Å²) in [6.07, 6.45) is 69.8. The van der Waals surface area contributed by atoms with Gasteiger partial charge in [-0.15, -0.1) is 15.3 Å². The first-order valence-corrected chi connectivity index (χ1v) is 45.5. The number of aliphatic hydroxyl groups excluding tert-OH is 3. The molecule has 732 valence electrons. The predicted octanol–water partition coefficient (Wildman–Crippen LogP) is 15.4. The van der Waals surface area contributed by atoms with Crippen LogP contribution in [-0.4, -0.2) is 215 Å². The third kappa shape index (κ3) is 26.3. The Morgan fingerprint density at radius 3 is 1.20 bits per heavy atom. The predicted molar refractivity (Wildman–Crippen MR) is 520 cm³/mol. The molecular formula is C87H119Cl3N38O9. The van der Waals surface area contributed by atoms with E-state index in [0.29, 0.717) is 99.4 Å². The van der Waals surface area contributed by atoms with E-state index in [1.807, 2.05) is 117 Å². The van der Waals surface area contributed by atoms with E-state index < -0.39 is 20.7 Å². The summed E-state index contributed by atoms with van der Waals surface area (Å²) in [6, 6.07) is 14.8. The second-order valence-electron chi connectivity index (χ2n) is 32.8. The lowest BCUT2D eigenvalue weighted by molar-refractivity contribution is -0.542. The van der Waals surface area contributed by atoms with E-state index in [9.17, 15) is 35.4 Å². The van der Waals surface area contributed by atoms with Crippen molar-refractivity contribution in [3.63, 3.8) is 0 Å². The van der Waals surface area contributed by atoms with Gasteiger partial charge in [-0.25, -0.2) is 68.5 Å². The summed E-state index contributed by atoms with van der Waals surface area (Å²) >= 11 is 17.3. The van der Waals surface area contributed by atoms with Gasteiger partial charge in [0, 0.05) is 101 Å². The number of nitrogens with one attached hydrogen (secondary N) is 3. The smallest absolute Gasteiger partial charge is 0.388 e. The van der Waals surface area contributed by atoms with E-state index in [4.69, 9.17) is 61.5 Å². The number of nitrogens with zero attached hydrogens (tertiary/aromatic N) is 33. The Balaban J connectivity index is 0.000000156. The van der Waals surface area contributed by atoms with Gasteiger partial charge in [0.15, 0.2) is 51.3 Å². The Bertz CT molecular complexity index is 6410. The Hall–Kier alpha value is -14.1. The first-order valence-electron chi connectivity index (χ1n) is 44.4. The number of nitrogens with two attached hydrogens (primary N) is 2. The standard InChI is InChI=1S/C22H27N9O.C17H17ClN8.C11H13N5O2.C11H15N5.C8H13N3.C6H3Cl2N3.C5H11NO.C3H2N4O4.CH4O.3CH4.H2/c32-13-17-7-3-9-30(17)22-26-21(18-8-4-10-31(18)27-22)25-19-11-29(14-23-19)20-12-28(15-24-20)16-5-1-2-6-16;18-17-22-16(13-6-3-7-26(13)23-17)21-14-8-25(10-19-14)15-9-24(11-20-15)12-4-1-2-5-12;17-16(18)11-6-15(8-13-11)10-5-14(7-12-10)9-3-1-2-4-9;12-10-5-16(7-13-10)11-6-15(8-14-11)9-3-1-2-4-9;9-8-5-11(6-10-8)7-3-1-2-4-7;7-5-4-2-1-3-11(4)10-6(8)9-5;7-4-5-2-1-3-6-5;8-6(9)3-1-5(2-4-3)7(10)11;1-2;;;;/h4,8,10-12,14-17,32H,1-3,5-7,9,13H2,(H,25,26,27);3,6-12H,1-2,4-5H2,(H,21,22,23);5-9H,1-4H2;5-9H,1-4,12H2;5-7H,1-4,9H2;1-3H;5-7H,1-4H2;1-2H;2H,1H3;3*1H4;1H/t17-;;;;;;5-;;;;;;/m0.....0....../s1. The molecule has 16 aromatic rings. The van der Waals surface area contributed by atoms with Crippen molar-refractivity contribution in [3.8, 4) is 23.3 Å². The fourth-order valence-electron chi connectivity index (χ4n) is 17.2. The summed E-state index contributed by atoms with van der Waals surface area (Å²) in [7, 11) is 1.00. The summed E-state index contributed by atoms with van der Waals surface area (Å²) in [5.74, 6) is 6.98. The minimum absolute atomic E-state index is 0. The Kier molecular flexibility index (Phi) is 36.3. The van der Waals surface area contributed by atoms with Crippen LogP contribution in [0.4, 0.5) is 52.5 Å². The number of rotatable bonds is 19. The molecule has 0 aromatic carbocycles. The molecule has 137 heavy (non-hydrogen) atoms. The number of imidazole rings is 10. The van der Waals surface area contributed by atoms with Crippen LogP contribution in [-0.2, 0) is 0 Å². The quantitative estimate of drug-likeness (QED) is 0.0275. The number of nitro groups is 3. The number of hydrogen-bond acceptors (Lipinski definition) is 31. The number of halogens is 3. The van der Waals surface area contributed by atoms with E-state index in [-0.39, 0.29) is 52.7 Å². The summed E-state index contributed by atoms with van der Waals surface area (Å²) in [5, 5.41) is 77.9. The Morgan fingerprint density at radius 1 is 0.423 bits per heavy atom. The SMILES string of the molecule is C.C.C.CO.Clc1nc(Cl)c2cccn2n1.Clc1nc(Nc2cn(-c3cn(C4CCCC4)cn3)cn2)c2cccn2n1.Nc1cn(-c2cn(C3CCCC3)cn2)cn1.Nc1cn(C2CCCC2)cn1.O=[N+]([O-])c1cn(-c2cn(C3CCCC3)cn2)cn1.O=[N+]([O-])c1cn([N+](=O)[O-])cn1.OC[C@@H]1CCCN1.OC[C@@H]1CCCN1c1nc(Nc2cn(-c3cn(C4CCCC4)cn3)cn2)c2cccn2n1.[HH]. The molecule has 0 spiro atoms.